The molecule has 0 fully saturated rings. The zero-order valence-electron chi connectivity index (χ0n) is 5.78. The average molecular weight is 188 g/mol. The molecule has 0 radical (unpaired) electrons. The number of carbonyl (C=O) groups excluding carboxylic acids is 1. The third-order valence-electron chi connectivity index (χ3n) is 1.03. The largest absolute Gasteiger partial charge is 0.361 e. The minimum Gasteiger partial charge on any atom is -0.361 e. The molecule has 0 aliphatic rings. The van der Waals surface area contributed by atoms with E-state index in [1.165, 1.54) is 11.3 Å². The Bertz CT molecular complexity index is 236. The Morgan fingerprint density at radius 1 is 1.82 bits per heavy atom. The van der Waals surface area contributed by atoms with E-state index >= 15 is 0 Å². The SMILES string of the molecule is O=Cc1cnc(NCCS)s1. The molecule has 0 unspecified atom stereocenters. The van der Waals surface area contributed by atoms with Crippen molar-refractivity contribution in [3.05, 3.63) is 11.1 Å². The molecule has 1 rings (SSSR count). The van der Waals surface area contributed by atoms with Crippen LogP contribution in [0.2, 0.25) is 0 Å². The van der Waals surface area contributed by atoms with E-state index in [9.17, 15) is 4.79 Å². The molecule has 0 aliphatic heterocycles. The maximum absolute atomic E-state index is 10.2. The Hall–Kier alpha value is -0.550. The lowest BCUT2D eigenvalue weighted by molar-refractivity contribution is 0.112. The van der Waals surface area contributed by atoms with E-state index in [4.69, 9.17) is 0 Å². The van der Waals surface area contributed by atoms with E-state index in [0.29, 0.717) is 4.88 Å². The zero-order chi connectivity index (χ0) is 8.10. The van der Waals surface area contributed by atoms with Gasteiger partial charge in [-0.2, -0.15) is 12.6 Å². The Morgan fingerprint density at radius 3 is 3.18 bits per heavy atom. The molecule has 0 atom stereocenters. The van der Waals surface area contributed by atoms with Gasteiger partial charge in [-0.15, -0.1) is 0 Å². The zero-order valence-corrected chi connectivity index (χ0v) is 7.49. The molecule has 0 saturated heterocycles. The molecule has 0 bridgehead atoms. The summed E-state index contributed by atoms with van der Waals surface area (Å²) >= 11 is 5.37. The van der Waals surface area contributed by atoms with E-state index in [1.54, 1.807) is 6.20 Å². The second kappa shape index (κ2) is 4.35. The lowest BCUT2D eigenvalue weighted by Gasteiger charge is -1.95. The van der Waals surface area contributed by atoms with E-state index in [1.807, 2.05) is 0 Å². The molecule has 0 amide bonds. The van der Waals surface area contributed by atoms with Gasteiger partial charge >= 0.3 is 0 Å². The maximum Gasteiger partial charge on any atom is 0.183 e. The lowest BCUT2D eigenvalue weighted by Crippen LogP contribution is -2.01. The van der Waals surface area contributed by atoms with Crippen LogP contribution in [-0.4, -0.2) is 23.6 Å². The Kier molecular flexibility index (Phi) is 3.38. The molecule has 11 heavy (non-hydrogen) atoms. The van der Waals surface area contributed by atoms with Crippen LogP contribution in [-0.2, 0) is 0 Å². The molecule has 1 N–H and O–H groups in total. The minimum absolute atomic E-state index is 0.645. The van der Waals surface area contributed by atoms with Crippen LogP contribution in [0.5, 0.6) is 0 Å². The number of rotatable bonds is 4. The van der Waals surface area contributed by atoms with Crippen molar-refractivity contribution in [2.75, 3.05) is 17.6 Å². The number of nitrogens with zero attached hydrogens (tertiary/aromatic N) is 1. The predicted octanol–water partition coefficient (Wildman–Crippen LogP) is 1.30. The van der Waals surface area contributed by atoms with Gasteiger partial charge in [-0.25, -0.2) is 4.98 Å². The second-order valence-electron chi connectivity index (χ2n) is 1.84. The highest BCUT2D eigenvalue weighted by molar-refractivity contribution is 7.80. The maximum atomic E-state index is 10.2. The molecule has 1 heterocycles. The van der Waals surface area contributed by atoms with Gasteiger partial charge in [0.25, 0.3) is 0 Å². The van der Waals surface area contributed by atoms with E-state index < -0.39 is 0 Å². The third kappa shape index (κ3) is 2.51. The van der Waals surface area contributed by atoms with E-state index in [0.717, 1.165) is 23.7 Å². The topological polar surface area (TPSA) is 42.0 Å². The molecule has 60 valence electrons. The van der Waals surface area contributed by atoms with Gasteiger partial charge in [-0.1, -0.05) is 11.3 Å². The van der Waals surface area contributed by atoms with Gasteiger partial charge in [0.1, 0.15) is 0 Å². The molecule has 0 aromatic carbocycles. The van der Waals surface area contributed by atoms with Gasteiger partial charge in [-0.3, -0.25) is 4.79 Å². The van der Waals surface area contributed by atoms with Crippen molar-refractivity contribution < 1.29 is 4.79 Å². The lowest BCUT2D eigenvalue weighted by atomic mass is 10.6. The summed E-state index contributed by atoms with van der Waals surface area (Å²) in [7, 11) is 0. The molecule has 3 nitrogen and oxygen atoms in total. The Labute approximate surface area is 74.3 Å². The van der Waals surface area contributed by atoms with Crippen molar-refractivity contribution in [3.63, 3.8) is 0 Å². The van der Waals surface area contributed by atoms with Gasteiger partial charge in [-0.05, 0) is 0 Å². The van der Waals surface area contributed by atoms with Gasteiger partial charge in [0.05, 0.1) is 11.1 Å². The van der Waals surface area contributed by atoms with Crippen LogP contribution in [0.4, 0.5) is 5.13 Å². The molecule has 5 heteroatoms. The second-order valence-corrected chi connectivity index (χ2v) is 3.35. The summed E-state index contributed by atoms with van der Waals surface area (Å²) in [5.41, 5.74) is 0. The number of nitrogens with one attached hydrogen (secondary N) is 1. The van der Waals surface area contributed by atoms with Crippen molar-refractivity contribution in [3.8, 4) is 0 Å². The molecule has 1 aromatic heterocycles. The molecular formula is C6H8N2OS2. The molecule has 0 aliphatic carbocycles. The van der Waals surface area contributed by atoms with E-state index in [2.05, 4.69) is 22.9 Å². The highest BCUT2D eigenvalue weighted by atomic mass is 32.1. The van der Waals surface area contributed by atoms with Crippen LogP contribution in [0.1, 0.15) is 9.67 Å². The fraction of sp³-hybridized carbons (Fsp3) is 0.333. The summed E-state index contributed by atoms with van der Waals surface area (Å²) in [6.45, 7) is 0.773. The van der Waals surface area contributed by atoms with Crippen LogP contribution in [0, 0.1) is 0 Å². The number of aldehydes is 1. The number of hydrogen-bond acceptors (Lipinski definition) is 5. The standard InChI is InChI=1S/C6H8N2OS2/c9-4-5-3-8-6(11-5)7-1-2-10/h3-4,10H,1-2H2,(H,7,8). The summed E-state index contributed by atoms with van der Waals surface area (Å²) in [4.78, 5) is 14.8. The summed E-state index contributed by atoms with van der Waals surface area (Å²) in [6.07, 6.45) is 2.35. The third-order valence-corrected chi connectivity index (χ3v) is 2.13. The number of thiol groups is 1. The summed E-state index contributed by atoms with van der Waals surface area (Å²) in [6, 6.07) is 0. The fourth-order valence-electron chi connectivity index (χ4n) is 0.586. The number of thiazole rings is 1. The normalized spacial score (nSPS) is 9.55. The number of aromatic nitrogens is 1. The summed E-state index contributed by atoms with van der Waals surface area (Å²) in [5.74, 6) is 0.760. The first-order chi connectivity index (χ1) is 5.36. The first-order valence-corrected chi connectivity index (χ1v) is 4.57. The molecule has 0 spiro atoms. The first-order valence-electron chi connectivity index (χ1n) is 3.12. The monoisotopic (exact) mass is 188 g/mol. The van der Waals surface area contributed by atoms with Crippen LogP contribution in [0.25, 0.3) is 0 Å². The number of anilines is 1. The van der Waals surface area contributed by atoms with Gasteiger partial charge < -0.3 is 5.32 Å². The van der Waals surface area contributed by atoms with Crippen LogP contribution < -0.4 is 5.32 Å². The van der Waals surface area contributed by atoms with Crippen molar-refractivity contribution >= 4 is 35.4 Å². The summed E-state index contributed by atoms with van der Waals surface area (Å²) in [5, 5.41) is 3.80. The average Bonchev–Trinajstić information content (AvgIpc) is 2.48. The molecule has 1 aromatic rings. The summed E-state index contributed by atoms with van der Waals surface area (Å²) < 4.78 is 0. The van der Waals surface area contributed by atoms with Crippen LogP contribution >= 0.6 is 24.0 Å². The highest BCUT2D eigenvalue weighted by Crippen LogP contribution is 2.15. The fourth-order valence-corrected chi connectivity index (χ4v) is 1.35. The number of hydrogen-bond donors (Lipinski definition) is 2. The predicted molar refractivity (Wildman–Crippen MR) is 49.8 cm³/mol. The highest BCUT2D eigenvalue weighted by Gasteiger charge is 1.97. The Balaban J connectivity index is 2.51. The van der Waals surface area contributed by atoms with Crippen molar-refractivity contribution in [1.29, 1.82) is 0 Å². The van der Waals surface area contributed by atoms with Crippen molar-refractivity contribution in [2.24, 2.45) is 0 Å². The van der Waals surface area contributed by atoms with Crippen LogP contribution in [0.3, 0.4) is 0 Å². The van der Waals surface area contributed by atoms with Gasteiger partial charge in [0, 0.05) is 12.3 Å². The molecular weight excluding hydrogens is 180 g/mol. The van der Waals surface area contributed by atoms with Gasteiger partial charge in [0.15, 0.2) is 11.4 Å². The van der Waals surface area contributed by atoms with Gasteiger partial charge in [0.2, 0.25) is 0 Å². The van der Waals surface area contributed by atoms with Crippen molar-refractivity contribution in [1.82, 2.24) is 4.98 Å². The van der Waals surface area contributed by atoms with E-state index in [-0.39, 0.29) is 0 Å². The Morgan fingerprint density at radius 2 is 2.64 bits per heavy atom. The quantitative estimate of drug-likeness (QED) is 0.553. The van der Waals surface area contributed by atoms with Crippen molar-refractivity contribution in [2.45, 2.75) is 0 Å². The smallest absolute Gasteiger partial charge is 0.183 e. The molecule has 0 saturated carbocycles. The van der Waals surface area contributed by atoms with Crippen LogP contribution in [0.15, 0.2) is 6.20 Å². The number of carbonyl (C=O) groups is 1. The first kappa shape index (κ1) is 8.55. The minimum atomic E-state index is 0.645.